The van der Waals surface area contributed by atoms with E-state index in [-0.39, 0.29) is 0 Å². The highest BCUT2D eigenvalue weighted by atomic mass is 15.2. The summed E-state index contributed by atoms with van der Waals surface area (Å²) in [6.45, 7) is 2.25. The number of rotatable bonds is 4. The van der Waals surface area contributed by atoms with Crippen molar-refractivity contribution in [2.45, 2.75) is 44.2 Å². The summed E-state index contributed by atoms with van der Waals surface area (Å²) in [5, 5.41) is 7.09. The van der Waals surface area contributed by atoms with Crippen molar-refractivity contribution >= 4 is 11.5 Å². The van der Waals surface area contributed by atoms with Gasteiger partial charge in [-0.15, -0.1) is 0 Å². The molecule has 3 fully saturated rings. The van der Waals surface area contributed by atoms with Crippen LogP contribution in [0, 0.1) is 11.8 Å². The number of hydrogen-bond donors (Lipinski definition) is 2. The Kier molecular flexibility index (Phi) is 3.49. The van der Waals surface area contributed by atoms with Gasteiger partial charge in [-0.3, -0.25) is 0 Å². The van der Waals surface area contributed by atoms with E-state index in [4.69, 9.17) is 0 Å². The molecule has 2 aliphatic carbocycles. The molecule has 0 spiro atoms. The fourth-order valence-corrected chi connectivity index (χ4v) is 4.54. The lowest BCUT2D eigenvalue weighted by Crippen LogP contribution is -2.29. The van der Waals surface area contributed by atoms with E-state index < -0.39 is 0 Å². The smallest absolute Gasteiger partial charge is 0.128 e. The molecule has 3 aliphatic rings. The Labute approximate surface area is 127 Å². The van der Waals surface area contributed by atoms with Crippen LogP contribution in [0.2, 0.25) is 0 Å². The topological polar surface area (TPSA) is 40.2 Å². The molecule has 2 heterocycles. The third kappa shape index (κ3) is 2.61. The quantitative estimate of drug-likeness (QED) is 0.892. The van der Waals surface area contributed by atoms with Crippen molar-refractivity contribution in [3.63, 3.8) is 0 Å². The van der Waals surface area contributed by atoms with E-state index >= 15 is 0 Å². The van der Waals surface area contributed by atoms with Crippen LogP contribution in [-0.2, 0) is 0 Å². The summed E-state index contributed by atoms with van der Waals surface area (Å²) < 4.78 is 0. The minimum absolute atomic E-state index is 0.625. The minimum Gasteiger partial charge on any atom is -0.370 e. The van der Waals surface area contributed by atoms with Crippen molar-refractivity contribution in [3.05, 3.63) is 18.3 Å². The molecule has 1 saturated heterocycles. The van der Waals surface area contributed by atoms with E-state index in [1.54, 1.807) is 0 Å². The number of nitrogens with one attached hydrogen (secondary N) is 2. The standard InChI is InChI=1S/C17H26N4/c1-18-14-5-7-21(11-14)15-4-6-19-17(10-15)20-16-9-12-2-3-13(16)8-12/h4,6,10,12-14,16,18H,2-3,5,7-9,11H2,1H3,(H,19,20)/t12?,13?,14-,16?/m0/s1. The Balaban J connectivity index is 1.43. The van der Waals surface area contributed by atoms with E-state index in [1.165, 1.54) is 37.8 Å². The van der Waals surface area contributed by atoms with Crippen molar-refractivity contribution in [2.75, 3.05) is 30.4 Å². The second-order valence-electron chi connectivity index (χ2n) is 7.05. The predicted molar refractivity (Wildman–Crippen MR) is 86.8 cm³/mol. The molecule has 0 aromatic carbocycles. The monoisotopic (exact) mass is 286 g/mol. The van der Waals surface area contributed by atoms with Gasteiger partial charge in [0.25, 0.3) is 0 Å². The van der Waals surface area contributed by atoms with Crippen molar-refractivity contribution in [1.82, 2.24) is 10.3 Å². The molecule has 4 atom stereocenters. The predicted octanol–water partition coefficient (Wildman–Crippen LogP) is 2.48. The molecule has 1 aliphatic heterocycles. The number of pyridine rings is 1. The van der Waals surface area contributed by atoms with Crippen LogP contribution in [-0.4, -0.2) is 37.2 Å². The Bertz CT molecular complexity index is 503. The van der Waals surface area contributed by atoms with Crippen LogP contribution in [0.3, 0.4) is 0 Å². The molecule has 114 valence electrons. The van der Waals surface area contributed by atoms with Crippen LogP contribution >= 0.6 is 0 Å². The number of aromatic nitrogens is 1. The minimum atomic E-state index is 0.625. The van der Waals surface area contributed by atoms with E-state index in [1.807, 2.05) is 6.20 Å². The first-order valence-corrected chi connectivity index (χ1v) is 8.46. The van der Waals surface area contributed by atoms with Gasteiger partial charge in [-0.2, -0.15) is 0 Å². The molecule has 2 saturated carbocycles. The van der Waals surface area contributed by atoms with Crippen LogP contribution in [0.5, 0.6) is 0 Å². The van der Waals surface area contributed by atoms with Gasteiger partial charge in [0.1, 0.15) is 5.82 Å². The second kappa shape index (κ2) is 5.48. The van der Waals surface area contributed by atoms with Gasteiger partial charge in [0.2, 0.25) is 0 Å². The third-order valence-electron chi connectivity index (χ3n) is 5.78. The van der Waals surface area contributed by atoms with Crippen molar-refractivity contribution < 1.29 is 0 Å². The lowest BCUT2D eigenvalue weighted by molar-refractivity contribution is 0.439. The van der Waals surface area contributed by atoms with Crippen LogP contribution in [0.4, 0.5) is 11.5 Å². The summed E-state index contributed by atoms with van der Waals surface area (Å²) >= 11 is 0. The van der Waals surface area contributed by atoms with Crippen LogP contribution < -0.4 is 15.5 Å². The molecular weight excluding hydrogens is 260 g/mol. The van der Waals surface area contributed by atoms with Crippen LogP contribution in [0.25, 0.3) is 0 Å². The maximum atomic E-state index is 4.54. The number of nitrogens with zero attached hydrogens (tertiary/aromatic N) is 2. The number of fused-ring (bicyclic) bond motifs is 2. The lowest BCUT2D eigenvalue weighted by atomic mass is 9.95. The molecule has 0 radical (unpaired) electrons. The maximum absolute atomic E-state index is 4.54. The van der Waals surface area contributed by atoms with Gasteiger partial charge in [-0.05, 0) is 50.6 Å². The van der Waals surface area contributed by atoms with Gasteiger partial charge in [-0.1, -0.05) is 6.42 Å². The molecule has 3 unspecified atom stereocenters. The zero-order chi connectivity index (χ0) is 14.2. The van der Waals surface area contributed by atoms with Gasteiger partial charge in [0, 0.05) is 43.1 Å². The van der Waals surface area contributed by atoms with Crippen LogP contribution in [0.15, 0.2) is 18.3 Å². The Hall–Kier alpha value is -1.29. The Morgan fingerprint density at radius 2 is 2.19 bits per heavy atom. The van der Waals surface area contributed by atoms with Gasteiger partial charge >= 0.3 is 0 Å². The first kappa shape index (κ1) is 13.4. The summed E-state index contributed by atoms with van der Waals surface area (Å²) in [6, 6.07) is 5.67. The SMILES string of the molecule is CN[C@H]1CCN(c2ccnc(NC3CC4CCC3C4)c2)C1. The Morgan fingerprint density at radius 1 is 1.24 bits per heavy atom. The van der Waals surface area contributed by atoms with Gasteiger partial charge in [0.05, 0.1) is 0 Å². The summed E-state index contributed by atoms with van der Waals surface area (Å²) in [6.07, 6.45) is 8.84. The maximum Gasteiger partial charge on any atom is 0.128 e. The van der Waals surface area contributed by atoms with E-state index in [9.17, 15) is 0 Å². The second-order valence-corrected chi connectivity index (χ2v) is 7.05. The zero-order valence-electron chi connectivity index (χ0n) is 12.9. The lowest BCUT2D eigenvalue weighted by Gasteiger charge is -2.24. The molecule has 2 bridgehead atoms. The number of hydrogen-bond acceptors (Lipinski definition) is 4. The van der Waals surface area contributed by atoms with Crippen molar-refractivity contribution in [1.29, 1.82) is 0 Å². The third-order valence-corrected chi connectivity index (χ3v) is 5.78. The first-order chi connectivity index (χ1) is 10.3. The summed E-state index contributed by atoms with van der Waals surface area (Å²) in [5.74, 6) is 2.93. The fourth-order valence-electron chi connectivity index (χ4n) is 4.54. The summed E-state index contributed by atoms with van der Waals surface area (Å²) in [5.41, 5.74) is 1.31. The fraction of sp³-hybridized carbons (Fsp3) is 0.706. The van der Waals surface area contributed by atoms with Crippen molar-refractivity contribution in [2.24, 2.45) is 11.8 Å². The Morgan fingerprint density at radius 3 is 2.90 bits per heavy atom. The molecule has 1 aromatic heterocycles. The highest BCUT2D eigenvalue weighted by molar-refractivity contribution is 5.55. The molecule has 1 aromatic rings. The molecule has 21 heavy (non-hydrogen) atoms. The van der Waals surface area contributed by atoms with Gasteiger partial charge in [0.15, 0.2) is 0 Å². The average Bonchev–Trinajstić information content (AvgIpc) is 3.23. The number of anilines is 2. The van der Waals surface area contributed by atoms with Crippen LogP contribution in [0.1, 0.15) is 32.1 Å². The molecule has 4 heteroatoms. The molecule has 4 rings (SSSR count). The van der Waals surface area contributed by atoms with E-state index in [0.717, 1.165) is 30.7 Å². The van der Waals surface area contributed by atoms with Gasteiger partial charge in [-0.25, -0.2) is 4.98 Å². The van der Waals surface area contributed by atoms with Gasteiger partial charge < -0.3 is 15.5 Å². The largest absolute Gasteiger partial charge is 0.370 e. The molecule has 2 N–H and O–H groups in total. The molecule has 0 amide bonds. The first-order valence-electron chi connectivity index (χ1n) is 8.46. The highest BCUT2D eigenvalue weighted by Crippen LogP contribution is 2.45. The molecular formula is C17H26N4. The average molecular weight is 286 g/mol. The van der Waals surface area contributed by atoms with E-state index in [0.29, 0.717) is 12.1 Å². The van der Waals surface area contributed by atoms with Crippen molar-refractivity contribution in [3.8, 4) is 0 Å². The molecule has 4 nitrogen and oxygen atoms in total. The normalized spacial score (nSPS) is 34.6. The summed E-state index contributed by atoms with van der Waals surface area (Å²) in [4.78, 5) is 7.01. The zero-order valence-corrected chi connectivity index (χ0v) is 12.9. The van der Waals surface area contributed by atoms with E-state index in [2.05, 4.69) is 39.7 Å². The summed E-state index contributed by atoms with van der Waals surface area (Å²) in [7, 11) is 2.06. The highest BCUT2D eigenvalue weighted by Gasteiger charge is 2.39. The number of likely N-dealkylation sites (N-methyl/N-ethyl adjacent to an activating group) is 1.